The first kappa shape index (κ1) is 20.9. The molecule has 152 valence electrons. The molecule has 0 unspecified atom stereocenters. The molecule has 1 heterocycles. The van der Waals surface area contributed by atoms with Gasteiger partial charge in [0, 0.05) is 0 Å². The molecular formula is C26H29BO2Si. The van der Waals surface area contributed by atoms with Crippen molar-refractivity contribution in [3.05, 3.63) is 103 Å². The molecule has 1 aliphatic rings. The minimum atomic E-state index is -2.66. The van der Waals surface area contributed by atoms with Crippen molar-refractivity contribution in [3.8, 4) is 0 Å². The lowest BCUT2D eigenvalue weighted by Crippen LogP contribution is -2.70. The van der Waals surface area contributed by atoms with Gasteiger partial charge in [-0.1, -0.05) is 91.0 Å². The van der Waals surface area contributed by atoms with E-state index in [4.69, 9.17) is 9.31 Å². The third-order valence-corrected chi connectivity index (χ3v) is 11.4. The van der Waals surface area contributed by atoms with Crippen LogP contribution >= 0.6 is 0 Å². The van der Waals surface area contributed by atoms with Crippen molar-refractivity contribution in [1.82, 2.24) is 0 Å². The van der Waals surface area contributed by atoms with Crippen molar-refractivity contribution in [2.75, 3.05) is 0 Å². The average Bonchev–Trinajstić information content (AvgIpc) is 2.98. The van der Waals surface area contributed by atoms with E-state index < -0.39 is 26.4 Å². The second-order valence-electron chi connectivity index (χ2n) is 8.96. The van der Waals surface area contributed by atoms with Gasteiger partial charge in [0.1, 0.15) is 0 Å². The fraction of sp³-hybridized carbons (Fsp3) is 0.231. The van der Waals surface area contributed by atoms with Crippen LogP contribution in [-0.2, 0) is 9.31 Å². The average molecular weight is 412 g/mol. The standard InChI is InChI=1S/C26H29BO2Si/c1-21(27-28-25(2,3)26(4,5)29-27)30(22-15-9-6-10-16-22,23-17-11-7-12-18-23)24-19-13-8-14-20-24/h6-20H,1H2,2-5H3. The highest BCUT2D eigenvalue weighted by Crippen LogP contribution is 2.39. The van der Waals surface area contributed by atoms with E-state index in [9.17, 15) is 0 Å². The van der Waals surface area contributed by atoms with Crippen LogP contribution in [0.5, 0.6) is 0 Å². The van der Waals surface area contributed by atoms with Crippen LogP contribution in [0.1, 0.15) is 27.7 Å². The van der Waals surface area contributed by atoms with Gasteiger partial charge >= 0.3 is 7.12 Å². The van der Waals surface area contributed by atoms with E-state index in [-0.39, 0.29) is 0 Å². The Balaban J connectivity index is 1.98. The number of hydrogen-bond acceptors (Lipinski definition) is 2. The second kappa shape index (κ2) is 7.69. The Bertz CT molecular complexity index is 904. The molecule has 0 amide bonds. The summed E-state index contributed by atoms with van der Waals surface area (Å²) in [6.45, 7) is 13.1. The molecular weight excluding hydrogens is 383 g/mol. The molecule has 0 saturated carbocycles. The first-order chi connectivity index (χ1) is 14.3. The zero-order chi connectivity index (χ0) is 21.4. The molecule has 1 fully saturated rings. The lowest BCUT2D eigenvalue weighted by atomic mass is 9.90. The van der Waals surface area contributed by atoms with Crippen LogP contribution in [0.2, 0.25) is 0 Å². The number of benzene rings is 3. The van der Waals surface area contributed by atoms with Gasteiger partial charge in [-0.3, -0.25) is 0 Å². The molecule has 2 nitrogen and oxygen atoms in total. The van der Waals surface area contributed by atoms with Crippen LogP contribution in [0.25, 0.3) is 0 Å². The normalized spacial score (nSPS) is 17.7. The molecule has 1 saturated heterocycles. The van der Waals surface area contributed by atoms with Gasteiger partial charge in [-0.2, -0.15) is 0 Å². The Morgan fingerprint density at radius 2 is 0.933 bits per heavy atom. The molecule has 4 rings (SSSR count). The fourth-order valence-corrected chi connectivity index (χ4v) is 8.94. The summed E-state index contributed by atoms with van der Waals surface area (Å²) in [6.07, 6.45) is 0. The first-order valence-corrected chi connectivity index (χ1v) is 12.5. The van der Waals surface area contributed by atoms with Crippen molar-refractivity contribution in [1.29, 1.82) is 0 Å². The van der Waals surface area contributed by atoms with Gasteiger partial charge < -0.3 is 9.31 Å². The minimum Gasteiger partial charge on any atom is -0.400 e. The Hall–Kier alpha value is -2.40. The Morgan fingerprint density at radius 1 is 0.633 bits per heavy atom. The SMILES string of the molecule is C=C(B1OC(C)(C)C(C)(C)O1)[Si](c1ccccc1)(c1ccccc1)c1ccccc1. The number of rotatable bonds is 5. The molecule has 30 heavy (non-hydrogen) atoms. The van der Waals surface area contributed by atoms with E-state index in [0.29, 0.717) is 0 Å². The van der Waals surface area contributed by atoms with E-state index in [2.05, 4.69) is 125 Å². The zero-order valence-corrected chi connectivity index (χ0v) is 19.3. The first-order valence-electron chi connectivity index (χ1n) is 10.5. The summed E-state index contributed by atoms with van der Waals surface area (Å²) >= 11 is 0. The van der Waals surface area contributed by atoms with Crippen molar-refractivity contribution in [2.45, 2.75) is 38.9 Å². The van der Waals surface area contributed by atoms with Crippen LogP contribution < -0.4 is 15.6 Å². The minimum absolute atomic E-state index is 0.412. The summed E-state index contributed by atoms with van der Waals surface area (Å²) in [7, 11) is -3.13. The molecule has 0 atom stereocenters. The summed E-state index contributed by atoms with van der Waals surface area (Å²) < 4.78 is 13.0. The monoisotopic (exact) mass is 412 g/mol. The highest BCUT2D eigenvalue weighted by atomic mass is 28.3. The van der Waals surface area contributed by atoms with Crippen LogP contribution in [0.4, 0.5) is 0 Å². The molecule has 0 spiro atoms. The molecule has 0 bridgehead atoms. The van der Waals surface area contributed by atoms with Crippen molar-refractivity contribution in [2.24, 2.45) is 0 Å². The van der Waals surface area contributed by atoms with E-state index in [1.54, 1.807) is 0 Å². The molecule has 4 heteroatoms. The van der Waals surface area contributed by atoms with Crippen molar-refractivity contribution < 1.29 is 9.31 Å². The predicted molar refractivity (Wildman–Crippen MR) is 129 cm³/mol. The summed E-state index contributed by atoms with van der Waals surface area (Å²) in [4.78, 5) is 0. The number of hydrogen-bond donors (Lipinski definition) is 0. The summed E-state index contributed by atoms with van der Waals surface area (Å²) in [6, 6.07) is 32.2. The molecule has 1 aliphatic heterocycles. The van der Waals surface area contributed by atoms with Crippen LogP contribution in [-0.4, -0.2) is 26.4 Å². The predicted octanol–water partition coefficient (Wildman–Crippen LogP) is 3.88. The molecule has 0 aliphatic carbocycles. The van der Waals surface area contributed by atoms with Gasteiger partial charge in [-0.15, -0.1) is 6.58 Å². The highest BCUT2D eigenvalue weighted by Gasteiger charge is 2.57. The van der Waals surface area contributed by atoms with Gasteiger partial charge in [-0.25, -0.2) is 0 Å². The zero-order valence-electron chi connectivity index (χ0n) is 18.3. The van der Waals surface area contributed by atoms with Crippen molar-refractivity contribution in [3.63, 3.8) is 0 Å². The van der Waals surface area contributed by atoms with Crippen LogP contribution in [0, 0.1) is 0 Å². The molecule has 0 aromatic heterocycles. The maximum atomic E-state index is 6.51. The molecule has 3 aromatic rings. The van der Waals surface area contributed by atoms with E-state index in [1.807, 2.05) is 0 Å². The molecule has 0 radical (unpaired) electrons. The maximum absolute atomic E-state index is 6.51. The molecule has 0 N–H and O–H groups in total. The van der Waals surface area contributed by atoms with Gasteiger partial charge in [0.25, 0.3) is 0 Å². The van der Waals surface area contributed by atoms with Gasteiger partial charge in [0.15, 0.2) is 8.07 Å². The quantitative estimate of drug-likeness (QED) is 0.468. The van der Waals surface area contributed by atoms with Gasteiger partial charge in [0.05, 0.1) is 11.2 Å². The lowest BCUT2D eigenvalue weighted by Gasteiger charge is -2.36. The Kier molecular flexibility index (Phi) is 5.35. The smallest absolute Gasteiger partial charge is 0.400 e. The van der Waals surface area contributed by atoms with Crippen LogP contribution in [0.3, 0.4) is 0 Å². The Labute approximate surface area is 181 Å². The van der Waals surface area contributed by atoms with Gasteiger partial charge in [-0.05, 0) is 48.4 Å². The van der Waals surface area contributed by atoms with E-state index in [1.165, 1.54) is 15.6 Å². The van der Waals surface area contributed by atoms with Gasteiger partial charge in [0.2, 0.25) is 0 Å². The van der Waals surface area contributed by atoms with Crippen molar-refractivity contribution >= 4 is 30.8 Å². The summed E-state index contributed by atoms with van der Waals surface area (Å²) in [5, 5.41) is 4.86. The largest absolute Gasteiger partial charge is 0.486 e. The lowest BCUT2D eigenvalue weighted by molar-refractivity contribution is 0.00578. The fourth-order valence-electron chi connectivity index (χ4n) is 4.28. The summed E-state index contributed by atoms with van der Waals surface area (Å²) in [5.41, 5.74) is -0.824. The second-order valence-corrected chi connectivity index (χ2v) is 12.8. The Morgan fingerprint density at radius 3 is 1.23 bits per heavy atom. The third kappa shape index (κ3) is 3.29. The van der Waals surface area contributed by atoms with E-state index in [0.717, 1.165) is 5.10 Å². The highest BCUT2D eigenvalue weighted by molar-refractivity contribution is 7.21. The van der Waals surface area contributed by atoms with Crippen LogP contribution in [0.15, 0.2) is 103 Å². The maximum Gasteiger partial charge on any atom is 0.486 e. The topological polar surface area (TPSA) is 18.5 Å². The molecule has 3 aromatic carbocycles. The third-order valence-electron chi connectivity index (χ3n) is 6.64. The summed E-state index contributed by atoms with van der Waals surface area (Å²) in [5.74, 6) is 0. The van der Waals surface area contributed by atoms with E-state index >= 15 is 0 Å².